The van der Waals surface area contributed by atoms with Gasteiger partial charge in [-0.25, -0.2) is 0 Å². The normalized spacial score (nSPS) is 10.6. The van der Waals surface area contributed by atoms with Crippen molar-refractivity contribution in [2.75, 3.05) is 6.54 Å². The van der Waals surface area contributed by atoms with Gasteiger partial charge >= 0.3 is 0 Å². The average molecular weight is 304 g/mol. The summed E-state index contributed by atoms with van der Waals surface area (Å²) in [5.41, 5.74) is 3.44. The molecule has 0 aliphatic carbocycles. The van der Waals surface area contributed by atoms with Crippen LogP contribution in [0.2, 0.25) is 5.02 Å². The van der Waals surface area contributed by atoms with E-state index in [9.17, 15) is 0 Å². The predicted octanol–water partition coefficient (Wildman–Crippen LogP) is 4.73. The average Bonchev–Trinajstić information content (AvgIpc) is 2.47. The molecule has 0 unspecified atom stereocenters. The molecule has 0 radical (unpaired) electrons. The van der Waals surface area contributed by atoms with E-state index in [-0.39, 0.29) is 0 Å². The lowest BCUT2D eigenvalue weighted by atomic mass is 10.1. The molecular weight excluding hydrogens is 282 g/mol. The summed E-state index contributed by atoms with van der Waals surface area (Å²) in [6.07, 6.45) is 1.13. The summed E-state index contributed by atoms with van der Waals surface area (Å²) in [5, 5.41) is 4.17. The van der Waals surface area contributed by atoms with Crippen LogP contribution in [-0.4, -0.2) is 6.54 Å². The highest BCUT2D eigenvalue weighted by atomic mass is 35.5. The second-order valence-corrected chi connectivity index (χ2v) is 5.59. The van der Waals surface area contributed by atoms with Gasteiger partial charge in [0.15, 0.2) is 0 Å². The summed E-state index contributed by atoms with van der Waals surface area (Å²) >= 11 is 6.01. The largest absolute Gasteiger partial charge is 0.488 e. The van der Waals surface area contributed by atoms with Crippen LogP contribution in [0, 0.1) is 6.92 Å². The fourth-order valence-electron chi connectivity index (χ4n) is 2.24. The van der Waals surface area contributed by atoms with Gasteiger partial charge in [0.2, 0.25) is 0 Å². The molecule has 0 spiro atoms. The second-order valence-electron chi connectivity index (χ2n) is 5.16. The van der Waals surface area contributed by atoms with Gasteiger partial charge in [-0.1, -0.05) is 48.9 Å². The Morgan fingerprint density at radius 2 is 1.95 bits per heavy atom. The van der Waals surface area contributed by atoms with Crippen LogP contribution in [0.1, 0.15) is 30.0 Å². The molecule has 0 atom stereocenters. The van der Waals surface area contributed by atoms with Gasteiger partial charge in [0.25, 0.3) is 0 Å². The zero-order valence-electron chi connectivity index (χ0n) is 12.7. The molecule has 0 fully saturated rings. The molecule has 112 valence electrons. The summed E-state index contributed by atoms with van der Waals surface area (Å²) in [6.45, 7) is 6.63. The van der Waals surface area contributed by atoms with Crippen LogP contribution >= 0.6 is 11.6 Å². The fourth-order valence-corrected chi connectivity index (χ4v) is 2.45. The van der Waals surface area contributed by atoms with Crippen molar-refractivity contribution in [3.63, 3.8) is 0 Å². The molecule has 0 heterocycles. The summed E-state index contributed by atoms with van der Waals surface area (Å²) in [4.78, 5) is 0. The lowest BCUT2D eigenvalue weighted by Crippen LogP contribution is -2.15. The third-order valence-electron chi connectivity index (χ3n) is 3.31. The Kier molecular flexibility index (Phi) is 6.09. The van der Waals surface area contributed by atoms with E-state index in [1.54, 1.807) is 0 Å². The van der Waals surface area contributed by atoms with E-state index in [2.05, 4.69) is 37.4 Å². The molecule has 3 heteroatoms. The van der Waals surface area contributed by atoms with Crippen molar-refractivity contribution >= 4 is 11.6 Å². The molecule has 21 heavy (non-hydrogen) atoms. The predicted molar refractivity (Wildman–Crippen MR) is 89.0 cm³/mol. The first kappa shape index (κ1) is 15.9. The van der Waals surface area contributed by atoms with E-state index >= 15 is 0 Å². The zero-order valence-corrected chi connectivity index (χ0v) is 13.4. The van der Waals surface area contributed by atoms with E-state index in [4.69, 9.17) is 16.3 Å². The standard InChI is InChI=1S/C18H22ClNO/c1-3-10-20-12-16-8-4-6-14(2)18(16)21-13-15-7-5-9-17(19)11-15/h4-9,11,20H,3,10,12-13H2,1-2H3. The van der Waals surface area contributed by atoms with Crippen molar-refractivity contribution in [3.05, 3.63) is 64.2 Å². The van der Waals surface area contributed by atoms with E-state index in [0.29, 0.717) is 6.61 Å². The first-order chi connectivity index (χ1) is 10.2. The van der Waals surface area contributed by atoms with Crippen molar-refractivity contribution in [2.45, 2.75) is 33.4 Å². The van der Waals surface area contributed by atoms with Gasteiger partial charge in [0.05, 0.1) is 0 Å². The van der Waals surface area contributed by atoms with Crippen molar-refractivity contribution < 1.29 is 4.74 Å². The number of hydrogen-bond acceptors (Lipinski definition) is 2. The lowest BCUT2D eigenvalue weighted by molar-refractivity contribution is 0.300. The minimum atomic E-state index is 0.534. The minimum absolute atomic E-state index is 0.534. The molecule has 0 amide bonds. The van der Waals surface area contributed by atoms with Gasteiger partial charge in [-0.3, -0.25) is 0 Å². The van der Waals surface area contributed by atoms with Crippen molar-refractivity contribution in [1.82, 2.24) is 5.32 Å². The first-order valence-corrected chi connectivity index (χ1v) is 7.75. The monoisotopic (exact) mass is 303 g/mol. The van der Waals surface area contributed by atoms with Gasteiger partial charge < -0.3 is 10.1 Å². The highest BCUT2D eigenvalue weighted by Crippen LogP contribution is 2.25. The number of ether oxygens (including phenoxy) is 1. The van der Waals surface area contributed by atoms with Crippen molar-refractivity contribution in [1.29, 1.82) is 0 Å². The van der Waals surface area contributed by atoms with Crippen LogP contribution in [0.4, 0.5) is 0 Å². The van der Waals surface area contributed by atoms with Crippen LogP contribution in [0.25, 0.3) is 0 Å². The number of hydrogen-bond donors (Lipinski definition) is 1. The molecule has 0 aliphatic heterocycles. The Morgan fingerprint density at radius 3 is 2.71 bits per heavy atom. The quantitative estimate of drug-likeness (QED) is 0.747. The molecule has 0 bridgehead atoms. The summed E-state index contributed by atoms with van der Waals surface area (Å²) in [7, 11) is 0. The number of halogens is 1. The maximum atomic E-state index is 6.04. The Hall–Kier alpha value is -1.51. The molecule has 0 aliphatic rings. The third kappa shape index (κ3) is 4.76. The van der Waals surface area contributed by atoms with Gasteiger partial charge in [-0.15, -0.1) is 0 Å². The molecule has 2 aromatic carbocycles. The SMILES string of the molecule is CCCNCc1cccc(C)c1OCc1cccc(Cl)c1. The third-order valence-corrected chi connectivity index (χ3v) is 3.54. The number of aryl methyl sites for hydroxylation is 1. The highest BCUT2D eigenvalue weighted by Gasteiger charge is 2.07. The molecule has 2 nitrogen and oxygen atoms in total. The van der Waals surface area contributed by atoms with E-state index < -0.39 is 0 Å². The Balaban J connectivity index is 2.07. The number of benzene rings is 2. The van der Waals surface area contributed by atoms with Crippen molar-refractivity contribution in [3.8, 4) is 5.75 Å². The zero-order chi connectivity index (χ0) is 15.1. The number of rotatable bonds is 7. The minimum Gasteiger partial charge on any atom is -0.488 e. The molecule has 2 aromatic rings. The molecular formula is C18H22ClNO. The van der Waals surface area contributed by atoms with Crippen LogP contribution in [0.5, 0.6) is 5.75 Å². The smallest absolute Gasteiger partial charge is 0.127 e. The maximum Gasteiger partial charge on any atom is 0.127 e. The van der Waals surface area contributed by atoms with E-state index in [1.165, 1.54) is 5.56 Å². The maximum absolute atomic E-state index is 6.04. The second kappa shape index (κ2) is 8.06. The van der Waals surface area contributed by atoms with Gasteiger partial charge in [-0.05, 0) is 43.1 Å². The van der Waals surface area contributed by atoms with Crippen LogP contribution in [0.3, 0.4) is 0 Å². The summed E-state index contributed by atoms with van der Waals surface area (Å²) < 4.78 is 6.04. The lowest BCUT2D eigenvalue weighted by Gasteiger charge is -2.15. The van der Waals surface area contributed by atoms with Gasteiger partial charge in [-0.2, -0.15) is 0 Å². The Labute approximate surface area is 132 Å². The molecule has 1 N–H and O–H groups in total. The molecule has 2 rings (SSSR count). The van der Waals surface area contributed by atoms with Crippen molar-refractivity contribution in [2.24, 2.45) is 0 Å². The van der Waals surface area contributed by atoms with Gasteiger partial charge in [0, 0.05) is 17.1 Å². The molecule has 0 saturated carbocycles. The number of nitrogens with one attached hydrogen (secondary N) is 1. The summed E-state index contributed by atoms with van der Waals surface area (Å²) in [6, 6.07) is 14.1. The van der Waals surface area contributed by atoms with Gasteiger partial charge in [0.1, 0.15) is 12.4 Å². The first-order valence-electron chi connectivity index (χ1n) is 7.37. The fraction of sp³-hybridized carbons (Fsp3) is 0.333. The van der Waals surface area contributed by atoms with Crippen LogP contribution in [-0.2, 0) is 13.2 Å². The highest BCUT2D eigenvalue weighted by molar-refractivity contribution is 6.30. The number of para-hydroxylation sites is 1. The topological polar surface area (TPSA) is 21.3 Å². The molecule has 0 saturated heterocycles. The Morgan fingerprint density at radius 1 is 1.14 bits per heavy atom. The van der Waals surface area contributed by atoms with E-state index in [1.807, 2.05) is 24.3 Å². The summed E-state index contributed by atoms with van der Waals surface area (Å²) in [5.74, 6) is 0.973. The Bertz CT molecular complexity index is 583. The van der Waals surface area contributed by atoms with Crippen LogP contribution in [0.15, 0.2) is 42.5 Å². The van der Waals surface area contributed by atoms with Crippen LogP contribution < -0.4 is 10.1 Å². The molecule has 0 aromatic heterocycles. The van der Waals surface area contributed by atoms with E-state index in [0.717, 1.165) is 41.4 Å².